The third kappa shape index (κ3) is 3.20. The number of allylic oxidation sites excluding steroid dienone is 2. The Balaban J connectivity index is 1.90. The Morgan fingerprint density at radius 2 is 2.03 bits per heavy atom. The average molecular weight is 394 g/mol. The van der Waals surface area contributed by atoms with Crippen LogP contribution in [0.5, 0.6) is 23.0 Å². The van der Waals surface area contributed by atoms with Gasteiger partial charge in [-0.1, -0.05) is 17.7 Å². The lowest BCUT2D eigenvalue weighted by molar-refractivity contribution is 0.0848. The molecule has 1 aliphatic heterocycles. The van der Waals surface area contributed by atoms with E-state index in [0.29, 0.717) is 34.6 Å². The second-order valence-electron chi connectivity index (χ2n) is 7.35. The van der Waals surface area contributed by atoms with E-state index in [0.717, 1.165) is 16.5 Å². The fourth-order valence-electron chi connectivity index (χ4n) is 3.69. The number of ether oxygens (including phenoxy) is 2. The van der Waals surface area contributed by atoms with Crippen LogP contribution in [0, 0.1) is 0 Å². The number of benzene rings is 2. The van der Waals surface area contributed by atoms with E-state index in [1.54, 1.807) is 19.2 Å². The standard InChI is InChI=1S/C23H22O6/c1-12(2)4-6-14-21(27-3)15-8-9-28-22(15)20-18(26)11-19(29-23(14)20)13-5-7-16(24)17(25)10-13/h4-5,7-10,19,24-25H,6,11H2,1-3H3/t19-/m0/s1. The maximum absolute atomic E-state index is 13.1. The van der Waals surface area contributed by atoms with E-state index in [-0.39, 0.29) is 23.7 Å². The molecule has 2 aromatic carbocycles. The number of Topliss-reactive ketones (excluding diaryl/α,β-unsaturated/α-hetero) is 1. The maximum Gasteiger partial charge on any atom is 0.174 e. The summed E-state index contributed by atoms with van der Waals surface area (Å²) >= 11 is 0. The maximum atomic E-state index is 13.1. The van der Waals surface area contributed by atoms with Gasteiger partial charge in [-0.25, -0.2) is 0 Å². The van der Waals surface area contributed by atoms with Gasteiger partial charge in [-0.05, 0) is 44.0 Å². The Kier molecular flexibility index (Phi) is 4.70. The van der Waals surface area contributed by atoms with Gasteiger partial charge in [0.2, 0.25) is 0 Å². The fourth-order valence-corrected chi connectivity index (χ4v) is 3.69. The van der Waals surface area contributed by atoms with Gasteiger partial charge in [-0.2, -0.15) is 0 Å². The molecule has 29 heavy (non-hydrogen) atoms. The Hall–Kier alpha value is -3.41. The van der Waals surface area contributed by atoms with Crippen LogP contribution >= 0.6 is 0 Å². The number of carbonyl (C=O) groups is 1. The van der Waals surface area contributed by atoms with Crippen LogP contribution in [0.15, 0.2) is 46.6 Å². The van der Waals surface area contributed by atoms with Gasteiger partial charge in [-0.15, -0.1) is 0 Å². The molecule has 2 heterocycles. The van der Waals surface area contributed by atoms with Gasteiger partial charge in [0.25, 0.3) is 0 Å². The van der Waals surface area contributed by atoms with Gasteiger partial charge in [0.05, 0.1) is 25.2 Å². The quantitative estimate of drug-likeness (QED) is 0.474. The van der Waals surface area contributed by atoms with Crippen LogP contribution in [-0.2, 0) is 6.42 Å². The molecule has 0 amide bonds. The second-order valence-corrected chi connectivity index (χ2v) is 7.35. The number of aromatic hydroxyl groups is 2. The molecule has 2 N–H and O–H groups in total. The summed E-state index contributed by atoms with van der Waals surface area (Å²) in [7, 11) is 1.58. The lowest BCUT2D eigenvalue weighted by Gasteiger charge is -2.28. The van der Waals surface area contributed by atoms with Gasteiger partial charge in [0, 0.05) is 5.56 Å². The minimum atomic E-state index is -0.593. The van der Waals surface area contributed by atoms with Crippen LogP contribution < -0.4 is 9.47 Å². The van der Waals surface area contributed by atoms with Crippen LogP contribution in [0.2, 0.25) is 0 Å². The molecular weight excluding hydrogens is 372 g/mol. The Morgan fingerprint density at radius 3 is 2.72 bits per heavy atom. The normalized spacial score (nSPS) is 15.7. The molecule has 0 unspecified atom stereocenters. The van der Waals surface area contributed by atoms with E-state index >= 15 is 0 Å². The zero-order valence-electron chi connectivity index (χ0n) is 16.5. The highest BCUT2D eigenvalue weighted by atomic mass is 16.5. The molecule has 3 aromatic rings. The van der Waals surface area contributed by atoms with Crippen LogP contribution in [0.1, 0.15) is 47.9 Å². The second kappa shape index (κ2) is 7.20. The van der Waals surface area contributed by atoms with E-state index < -0.39 is 6.10 Å². The van der Waals surface area contributed by atoms with E-state index in [9.17, 15) is 15.0 Å². The van der Waals surface area contributed by atoms with Crippen molar-refractivity contribution in [3.05, 3.63) is 58.9 Å². The Labute approximate surface area is 168 Å². The van der Waals surface area contributed by atoms with Crippen molar-refractivity contribution in [1.82, 2.24) is 0 Å². The number of hydrogen-bond donors (Lipinski definition) is 2. The largest absolute Gasteiger partial charge is 0.504 e. The van der Waals surface area contributed by atoms with Gasteiger partial charge in [0.1, 0.15) is 23.2 Å². The van der Waals surface area contributed by atoms with Crippen LogP contribution in [0.4, 0.5) is 0 Å². The Morgan fingerprint density at radius 1 is 1.24 bits per heavy atom. The van der Waals surface area contributed by atoms with Crippen LogP contribution in [-0.4, -0.2) is 23.1 Å². The summed E-state index contributed by atoms with van der Waals surface area (Å²) in [6.07, 6.45) is 3.63. The molecular formula is C23H22O6. The lowest BCUT2D eigenvalue weighted by Crippen LogP contribution is -2.22. The van der Waals surface area contributed by atoms with Gasteiger partial charge in [-0.3, -0.25) is 4.79 Å². The van der Waals surface area contributed by atoms with E-state index in [1.165, 1.54) is 18.4 Å². The fraction of sp³-hybridized carbons (Fsp3) is 0.261. The molecule has 1 aliphatic rings. The van der Waals surface area contributed by atoms with Crippen LogP contribution in [0.25, 0.3) is 11.0 Å². The first kappa shape index (κ1) is 18.9. The number of carbonyl (C=O) groups excluding carboxylic acids is 1. The van der Waals surface area contributed by atoms with Crippen molar-refractivity contribution in [1.29, 1.82) is 0 Å². The van der Waals surface area contributed by atoms with Crippen molar-refractivity contribution < 1.29 is 28.9 Å². The summed E-state index contributed by atoms with van der Waals surface area (Å²) in [6, 6.07) is 6.22. The van der Waals surface area contributed by atoms with Crippen molar-refractivity contribution >= 4 is 16.8 Å². The first-order chi connectivity index (χ1) is 13.9. The summed E-state index contributed by atoms with van der Waals surface area (Å²) in [4.78, 5) is 13.1. The molecule has 1 atom stereocenters. The number of rotatable bonds is 4. The molecule has 150 valence electrons. The molecule has 6 nitrogen and oxygen atoms in total. The number of hydrogen-bond acceptors (Lipinski definition) is 6. The molecule has 6 heteroatoms. The third-order valence-corrected chi connectivity index (χ3v) is 5.11. The van der Waals surface area contributed by atoms with Crippen molar-refractivity contribution in [2.45, 2.75) is 32.8 Å². The molecule has 0 saturated heterocycles. The molecule has 0 fully saturated rings. The molecule has 0 saturated carbocycles. The molecule has 0 bridgehead atoms. The first-order valence-corrected chi connectivity index (χ1v) is 9.35. The summed E-state index contributed by atoms with van der Waals surface area (Å²) < 4.78 is 17.6. The number of phenolic OH excluding ortho intramolecular Hbond substituents is 2. The summed E-state index contributed by atoms with van der Waals surface area (Å²) in [5, 5.41) is 20.2. The van der Waals surface area contributed by atoms with Crippen LogP contribution in [0.3, 0.4) is 0 Å². The predicted octanol–water partition coefficient (Wildman–Crippen LogP) is 5.07. The highest BCUT2D eigenvalue weighted by Crippen LogP contribution is 2.47. The van der Waals surface area contributed by atoms with E-state index in [2.05, 4.69) is 0 Å². The average Bonchev–Trinajstić information content (AvgIpc) is 3.16. The topological polar surface area (TPSA) is 89.1 Å². The smallest absolute Gasteiger partial charge is 0.174 e. The minimum absolute atomic E-state index is 0.0986. The van der Waals surface area contributed by atoms with Crippen molar-refractivity contribution in [2.24, 2.45) is 0 Å². The number of methoxy groups -OCH3 is 1. The third-order valence-electron chi connectivity index (χ3n) is 5.11. The van der Waals surface area contributed by atoms with E-state index in [4.69, 9.17) is 13.9 Å². The molecule has 0 spiro atoms. The summed E-state index contributed by atoms with van der Waals surface area (Å²) in [5.41, 5.74) is 3.39. The zero-order valence-corrected chi connectivity index (χ0v) is 16.5. The number of furan rings is 1. The highest BCUT2D eigenvalue weighted by molar-refractivity contribution is 6.11. The summed E-state index contributed by atoms with van der Waals surface area (Å²) in [6.45, 7) is 4.01. The van der Waals surface area contributed by atoms with Crippen molar-refractivity contribution in [3.8, 4) is 23.0 Å². The lowest BCUT2D eigenvalue weighted by atomic mass is 9.91. The SMILES string of the molecule is COc1c(CC=C(C)C)c2c(c3occc13)C(=O)C[C@@H](c1ccc(O)c(O)c1)O2. The molecule has 4 rings (SSSR count). The highest BCUT2D eigenvalue weighted by Gasteiger charge is 2.35. The van der Waals surface area contributed by atoms with Crippen molar-refractivity contribution in [3.63, 3.8) is 0 Å². The molecule has 1 aromatic heterocycles. The Bertz CT molecular complexity index is 1130. The minimum Gasteiger partial charge on any atom is -0.504 e. The van der Waals surface area contributed by atoms with E-state index in [1.807, 2.05) is 19.9 Å². The number of ketones is 1. The number of fused-ring (bicyclic) bond motifs is 3. The number of phenols is 2. The van der Waals surface area contributed by atoms with Gasteiger partial charge < -0.3 is 24.1 Å². The summed E-state index contributed by atoms with van der Waals surface area (Å²) in [5.74, 6) is 0.472. The van der Waals surface area contributed by atoms with Crippen molar-refractivity contribution in [2.75, 3.05) is 7.11 Å². The van der Waals surface area contributed by atoms with Gasteiger partial charge >= 0.3 is 0 Å². The first-order valence-electron chi connectivity index (χ1n) is 9.35. The molecule has 0 aliphatic carbocycles. The van der Waals surface area contributed by atoms with Gasteiger partial charge in [0.15, 0.2) is 22.9 Å². The zero-order chi connectivity index (χ0) is 20.7. The molecule has 0 radical (unpaired) electrons. The monoisotopic (exact) mass is 394 g/mol. The predicted molar refractivity (Wildman–Crippen MR) is 108 cm³/mol.